The molecule has 1 saturated heterocycles. The summed E-state index contributed by atoms with van der Waals surface area (Å²) in [5.74, 6) is -0.322. The predicted octanol–water partition coefficient (Wildman–Crippen LogP) is 1.89. The summed E-state index contributed by atoms with van der Waals surface area (Å²) in [5, 5.41) is 0. The monoisotopic (exact) mass is 223 g/mol. The number of imide groups is 1. The maximum absolute atomic E-state index is 11.3. The lowest BCUT2D eigenvalue weighted by atomic mass is 10.3. The lowest BCUT2D eigenvalue weighted by molar-refractivity contribution is -0.117. The van der Waals surface area contributed by atoms with E-state index in [1.165, 1.54) is 0 Å². The molecule has 1 aromatic carbocycles. The zero-order chi connectivity index (χ0) is 10.8. The van der Waals surface area contributed by atoms with E-state index >= 15 is 0 Å². The van der Waals surface area contributed by atoms with Crippen LogP contribution in [0.25, 0.3) is 0 Å². The van der Waals surface area contributed by atoms with E-state index in [1.807, 2.05) is 18.4 Å². The van der Waals surface area contributed by atoms with Crippen molar-refractivity contribution in [2.75, 3.05) is 17.8 Å². The SMILES string of the molecule is CSc1ccc(N2C(=O)COC2=O)cc1. The molecule has 15 heavy (non-hydrogen) atoms. The van der Waals surface area contributed by atoms with Gasteiger partial charge in [0.1, 0.15) is 0 Å². The summed E-state index contributed by atoms with van der Waals surface area (Å²) < 4.78 is 4.62. The van der Waals surface area contributed by atoms with Crippen molar-refractivity contribution in [3.05, 3.63) is 24.3 Å². The second-order valence-corrected chi connectivity index (χ2v) is 3.86. The molecule has 4 nitrogen and oxygen atoms in total. The Bertz CT molecular complexity index is 386. The number of nitrogens with zero attached hydrogens (tertiary/aromatic N) is 1. The van der Waals surface area contributed by atoms with E-state index in [0.717, 1.165) is 9.80 Å². The van der Waals surface area contributed by atoms with E-state index in [9.17, 15) is 9.59 Å². The number of cyclic esters (lactones) is 1. The first kappa shape index (κ1) is 10.0. The summed E-state index contributed by atoms with van der Waals surface area (Å²) in [7, 11) is 0. The van der Waals surface area contributed by atoms with Crippen LogP contribution >= 0.6 is 11.8 Å². The largest absolute Gasteiger partial charge is 0.439 e. The fourth-order valence-electron chi connectivity index (χ4n) is 1.34. The Morgan fingerprint density at radius 1 is 1.27 bits per heavy atom. The number of amides is 2. The molecule has 1 fully saturated rings. The van der Waals surface area contributed by atoms with Gasteiger partial charge in [0.15, 0.2) is 6.61 Å². The van der Waals surface area contributed by atoms with Crippen molar-refractivity contribution >= 4 is 29.4 Å². The number of carbonyl (C=O) groups is 2. The van der Waals surface area contributed by atoms with E-state index in [0.29, 0.717) is 5.69 Å². The molecule has 1 aliphatic rings. The Hall–Kier alpha value is -1.49. The lowest BCUT2D eigenvalue weighted by Crippen LogP contribution is -2.28. The van der Waals surface area contributed by atoms with Crippen LogP contribution in [-0.2, 0) is 9.53 Å². The number of rotatable bonds is 2. The minimum atomic E-state index is -0.600. The van der Waals surface area contributed by atoms with E-state index < -0.39 is 6.09 Å². The van der Waals surface area contributed by atoms with Crippen LogP contribution < -0.4 is 4.90 Å². The van der Waals surface area contributed by atoms with Crippen LogP contribution in [0.2, 0.25) is 0 Å². The highest BCUT2D eigenvalue weighted by Crippen LogP contribution is 2.23. The topological polar surface area (TPSA) is 46.6 Å². The minimum Gasteiger partial charge on any atom is -0.439 e. The third kappa shape index (κ3) is 1.83. The van der Waals surface area contributed by atoms with E-state index in [2.05, 4.69) is 4.74 Å². The zero-order valence-corrected chi connectivity index (χ0v) is 8.91. The molecule has 0 unspecified atom stereocenters. The summed E-state index contributed by atoms with van der Waals surface area (Å²) >= 11 is 1.60. The highest BCUT2D eigenvalue weighted by Gasteiger charge is 2.32. The third-order valence-electron chi connectivity index (χ3n) is 2.08. The Morgan fingerprint density at radius 2 is 1.93 bits per heavy atom. The summed E-state index contributed by atoms with van der Waals surface area (Å²) in [4.78, 5) is 24.7. The maximum atomic E-state index is 11.3. The van der Waals surface area contributed by atoms with Gasteiger partial charge in [-0.05, 0) is 30.5 Å². The van der Waals surface area contributed by atoms with Gasteiger partial charge in [0.25, 0.3) is 5.91 Å². The molecule has 0 N–H and O–H groups in total. The van der Waals surface area contributed by atoms with Gasteiger partial charge >= 0.3 is 6.09 Å². The molecule has 2 rings (SSSR count). The van der Waals surface area contributed by atoms with Crippen molar-refractivity contribution in [2.24, 2.45) is 0 Å². The number of benzene rings is 1. The molecule has 0 saturated carbocycles. The van der Waals surface area contributed by atoms with Gasteiger partial charge in [-0.2, -0.15) is 0 Å². The molecule has 5 heteroatoms. The molecule has 2 amide bonds. The summed E-state index contributed by atoms with van der Waals surface area (Å²) in [6, 6.07) is 7.18. The van der Waals surface area contributed by atoms with Crippen LogP contribution in [-0.4, -0.2) is 24.9 Å². The van der Waals surface area contributed by atoms with Crippen molar-refractivity contribution in [3.8, 4) is 0 Å². The van der Waals surface area contributed by atoms with Gasteiger partial charge < -0.3 is 4.74 Å². The standard InChI is InChI=1S/C10H9NO3S/c1-15-8-4-2-7(3-5-8)11-9(12)6-14-10(11)13/h2-5H,6H2,1H3. The van der Waals surface area contributed by atoms with Crippen molar-refractivity contribution in [1.82, 2.24) is 0 Å². The minimum absolute atomic E-state index is 0.164. The van der Waals surface area contributed by atoms with Crippen molar-refractivity contribution in [1.29, 1.82) is 0 Å². The first-order valence-electron chi connectivity index (χ1n) is 4.36. The smallest absolute Gasteiger partial charge is 0.421 e. The molecule has 0 atom stereocenters. The molecule has 0 aromatic heterocycles. The van der Waals surface area contributed by atoms with Gasteiger partial charge in [-0.25, -0.2) is 9.69 Å². The number of hydrogen-bond donors (Lipinski definition) is 0. The summed E-state index contributed by atoms with van der Waals surface area (Å²) in [6.07, 6.45) is 1.36. The maximum Gasteiger partial charge on any atom is 0.421 e. The molecular formula is C10H9NO3S. The van der Waals surface area contributed by atoms with E-state index in [1.54, 1.807) is 23.9 Å². The van der Waals surface area contributed by atoms with Crippen LogP contribution in [0.15, 0.2) is 29.2 Å². The van der Waals surface area contributed by atoms with Crippen molar-refractivity contribution in [2.45, 2.75) is 4.90 Å². The molecule has 78 valence electrons. The number of carbonyl (C=O) groups excluding carboxylic acids is 2. The Balaban J connectivity index is 2.29. The number of hydrogen-bond acceptors (Lipinski definition) is 4. The number of ether oxygens (including phenoxy) is 1. The zero-order valence-electron chi connectivity index (χ0n) is 8.10. The highest BCUT2D eigenvalue weighted by atomic mass is 32.2. The highest BCUT2D eigenvalue weighted by molar-refractivity contribution is 7.98. The lowest BCUT2D eigenvalue weighted by Gasteiger charge is -2.10. The van der Waals surface area contributed by atoms with Crippen LogP contribution in [0.1, 0.15) is 0 Å². The third-order valence-corrected chi connectivity index (χ3v) is 2.83. The van der Waals surface area contributed by atoms with Crippen LogP contribution in [0.4, 0.5) is 10.5 Å². The molecule has 1 aromatic rings. The number of thioether (sulfide) groups is 1. The second-order valence-electron chi connectivity index (χ2n) is 2.98. The van der Waals surface area contributed by atoms with Gasteiger partial charge in [0.05, 0.1) is 5.69 Å². The molecule has 0 bridgehead atoms. The normalized spacial score (nSPS) is 15.7. The fraction of sp³-hybridized carbons (Fsp3) is 0.200. The van der Waals surface area contributed by atoms with E-state index in [-0.39, 0.29) is 12.5 Å². The Kier molecular flexibility index (Phi) is 2.64. The molecule has 0 aliphatic carbocycles. The van der Waals surface area contributed by atoms with Gasteiger partial charge in [-0.15, -0.1) is 11.8 Å². The molecular weight excluding hydrogens is 214 g/mol. The summed E-state index contributed by atoms with van der Waals surface area (Å²) in [5.41, 5.74) is 0.556. The average molecular weight is 223 g/mol. The summed E-state index contributed by atoms with van der Waals surface area (Å²) in [6.45, 7) is -0.164. The van der Waals surface area contributed by atoms with Gasteiger partial charge in [0.2, 0.25) is 0 Å². The average Bonchev–Trinajstić information content (AvgIpc) is 2.59. The Morgan fingerprint density at radius 3 is 2.40 bits per heavy atom. The van der Waals surface area contributed by atoms with Crippen molar-refractivity contribution < 1.29 is 14.3 Å². The molecule has 0 spiro atoms. The fourth-order valence-corrected chi connectivity index (χ4v) is 1.74. The van der Waals surface area contributed by atoms with Crippen molar-refractivity contribution in [3.63, 3.8) is 0 Å². The molecule has 0 radical (unpaired) electrons. The quantitative estimate of drug-likeness (QED) is 0.718. The molecule has 1 heterocycles. The van der Waals surface area contributed by atoms with Gasteiger partial charge in [0, 0.05) is 4.90 Å². The van der Waals surface area contributed by atoms with Crippen LogP contribution in [0, 0.1) is 0 Å². The molecule has 1 aliphatic heterocycles. The number of anilines is 1. The first-order valence-corrected chi connectivity index (χ1v) is 5.58. The predicted molar refractivity (Wildman–Crippen MR) is 57.1 cm³/mol. The van der Waals surface area contributed by atoms with E-state index in [4.69, 9.17) is 0 Å². The van der Waals surface area contributed by atoms with Gasteiger partial charge in [-0.3, -0.25) is 4.79 Å². The van der Waals surface area contributed by atoms with Gasteiger partial charge in [-0.1, -0.05) is 0 Å². The first-order chi connectivity index (χ1) is 7.22. The van der Waals surface area contributed by atoms with Crippen LogP contribution in [0.5, 0.6) is 0 Å². The second kappa shape index (κ2) is 3.94. The van der Waals surface area contributed by atoms with Crippen LogP contribution in [0.3, 0.4) is 0 Å². The Labute approximate surface area is 91.2 Å².